The largest absolute Gasteiger partial charge is 0.379 e. The highest BCUT2D eigenvalue weighted by atomic mass is 16.5. The van der Waals surface area contributed by atoms with E-state index < -0.39 is 0 Å². The van der Waals surface area contributed by atoms with Crippen molar-refractivity contribution in [3.05, 3.63) is 29.8 Å². The number of carbonyl (C=O) groups excluding carboxylic acids is 1. The van der Waals surface area contributed by atoms with Crippen LogP contribution < -0.4 is 16.4 Å². The van der Waals surface area contributed by atoms with Crippen molar-refractivity contribution in [2.75, 3.05) is 18.5 Å². The van der Waals surface area contributed by atoms with Crippen LogP contribution in [0.4, 0.5) is 10.5 Å². The van der Waals surface area contributed by atoms with E-state index in [0.29, 0.717) is 19.8 Å². The third kappa shape index (κ3) is 3.18. The molecular weight excluding hydrogens is 218 g/mol. The summed E-state index contributed by atoms with van der Waals surface area (Å²) in [5.41, 5.74) is 7.28. The van der Waals surface area contributed by atoms with Crippen molar-refractivity contribution >= 4 is 11.7 Å². The Morgan fingerprint density at radius 1 is 1.47 bits per heavy atom. The first-order valence-corrected chi connectivity index (χ1v) is 5.73. The van der Waals surface area contributed by atoms with E-state index in [1.54, 1.807) is 0 Å². The molecule has 0 spiro atoms. The van der Waals surface area contributed by atoms with E-state index in [9.17, 15) is 4.79 Å². The minimum Gasteiger partial charge on any atom is -0.379 e. The van der Waals surface area contributed by atoms with Crippen LogP contribution in [0.5, 0.6) is 0 Å². The molecule has 1 saturated heterocycles. The first-order chi connectivity index (χ1) is 8.29. The minimum absolute atomic E-state index is 0.111. The molecule has 1 atom stereocenters. The summed E-state index contributed by atoms with van der Waals surface area (Å²) < 4.78 is 5.19. The summed E-state index contributed by atoms with van der Waals surface area (Å²) in [5.74, 6) is 0. The molecule has 1 fully saturated rings. The molecule has 2 rings (SSSR count). The second-order valence-corrected chi connectivity index (χ2v) is 4.02. The molecular formula is C12H17N3O2. The van der Waals surface area contributed by atoms with E-state index in [1.807, 2.05) is 24.3 Å². The molecule has 0 aromatic heterocycles. The Balaban J connectivity index is 1.92. The lowest BCUT2D eigenvalue weighted by Crippen LogP contribution is -2.38. The van der Waals surface area contributed by atoms with Gasteiger partial charge in [-0.25, -0.2) is 4.79 Å². The van der Waals surface area contributed by atoms with Gasteiger partial charge in [0.25, 0.3) is 0 Å². The van der Waals surface area contributed by atoms with Gasteiger partial charge in [0.2, 0.25) is 0 Å². The van der Waals surface area contributed by atoms with Crippen LogP contribution in [0.3, 0.4) is 0 Å². The maximum atomic E-state index is 11.7. The van der Waals surface area contributed by atoms with Gasteiger partial charge in [-0.15, -0.1) is 0 Å². The highest BCUT2D eigenvalue weighted by Crippen LogP contribution is 2.14. The second-order valence-electron chi connectivity index (χ2n) is 4.02. The van der Waals surface area contributed by atoms with Gasteiger partial charge in [-0.3, -0.25) is 0 Å². The molecule has 92 valence electrons. The van der Waals surface area contributed by atoms with E-state index in [1.165, 1.54) is 0 Å². The van der Waals surface area contributed by atoms with E-state index >= 15 is 0 Å². The van der Waals surface area contributed by atoms with Crippen molar-refractivity contribution in [1.29, 1.82) is 0 Å². The molecule has 0 saturated carbocycles. The number of nitrogens with one attached hydrogen (secondary N) is 2. The van der Waals surface area contributed by atoms with Crippen LogP contribution in [0.15, 0.2) is 24.3 Å². The number of para-hydroxylation sites is 1. The molecule has 0 bridgehead atoms. The molecule has 5 nitrogen and oxygen atoms in total. The molecule has 1 aromatic rings. The van der Waals surface area contributed by atoms with Gasteiger partial charge in [-0.1, -0.05) is 18.2 Å². The van der Waals surface area contributed by atoms with E-state index in [2.05, 4.69) is 10.6 Å². The van der Waals surface area contributed by atoms with Crippen LogP contribution in [-0.4, -0.2) is 25.3 Å². The fourth-order valence-corrected chi connectivity index (χ4v) is 1.81. The van der Waals surface area contributed by atoms with Gasteiger partial charge in [-0.05, 0) is 18.1 Å². The van der Waals surface area contributed by atoms with E-state index in [0.717, 1.165) is 17.7 Å². The third-order valence-corrected chi connectivity index (χ3v) is 2.75. The zero-order chi connectivity index (χ0) is 12.1. The Morgan fingerprint density at radius 2 is 2.29 bits per heavy atom. The lowest BCUT2D eigenvalue weighted by Gasteiger charge is -2.13. The van der Waals surface area contributed by atoms with Crippen molar-refractivity contribution < 1.29 is 9.53 Å². The summed E-state index contributed by atoms with van der Waals surface area (Å²) >= 11 is 0. The first-order valence-electron chi connectivity index (χ1n) is 5.73. The predicted molar refractivity (Wildman–Crippen MR) is 65.7 cm³/mol. The number of anilines is 1. The normalized spacial score (nSPS) is 19.0. The Bertz CT molecular complexity index is 389. The predicted octanol–water partition coefficient (Wildman–Crippen LogP) is 1.06. The standard InChI is InChI=1S/C12H17N3O2/c13-7-9-3-1-2-4-11(9)15-12(16)14-10-5-6-17-8-10/h1-4,10H,5-8,13H2,(H2,14,15,16). The van der Waals surface area contributed by atoms with Gasteiger partial charge in [0.1, 0.15) is 0 Å². The quantitative estimate of drug-likeness (QED) is 0.733. The van der Waals surface area contributed by atoms with E-state index in [4.69, 9.17) is 10.5 Å². The summed E-state index contributed by atoms with van der Waals surface area (Å²) in [6.07, 6.45) is 0.867. The molecule has 2 amide bonds. The van der Waals surface area contributed by atoms with Crippen molar-refractivity contribution in [3.8, 4) is 0 Å². The summed E-state index contributed by atoms with van der Waals surface area (Å²) in [5, 5.41) is 5.67. The average molecular weight is 235 g/mol. The fourth-order valence-electron chi connectivity index (χ4n) is 1.81. The molecule has 5 heteroatoms. The summed E-state index contributed by atoms with van der Waals surface area (Å²) in [7, 11) is 0. The Hall–Kier alpha value is -1.59. The second kappa shape index (κ2) is 5.65. The molecule has 17 heavy (non-hydrogen) atoms. The average Bonchev–Trinajstić information content (AvgIpc) is 2.82. The Morgan fingerprint density at radius 3 is 3.00 bits per heavy atom. The van der Waals surface area contributed by atoms with Crippen LogP contribution in [-0.2, 0) is 11.3 Å². The van der Waals surface area contributed by atoms with Crippen LogP contribution in [0, 0.1) is 0 Å². The van der Waals surface area contributed by atoms with Gasteiger partial charge in [0.05, 0.1) is 12.6 Å². The number of amides is 2. The summed E-state index contributed by atoms with van der Waals surface area (Å²) in [6.45, 7) is 1.71. The minimum atomic E-state index is -0.207. The van der Waals surface area contributed by atoms with Crippen molar-refractivity contribution in [2.24, 2.45) is 5.73 Å². The Kier molecular flexibility index (Phi) is 3.95. The first kappa shape index (κ1) is 11.9. The third-order valence-electron chi connectivity index (χ3n) is 2.75. The zero-order valence-electron chi connectivity index (χ0n) is 9.61. The highest BCUT2D eigenvalue weighted by Gasteiger charge is 2.17. The van der Waals surface area contributed by atoms with Crippen LogP contribution >= 0.6 is 0 Å². The van der Waals surface area contributed by atoms with Gasteiger partial charge in [0.15, 0.2) is 0 Å². The molecule has 1 heterocycles. The lowest BCUT2D eigenvalue weighted by molar-refractivity contribution is 0.189. The SMILES string of the molecule is NCc1ccccc1NC(=O)NC1CCOC1. The van der Waals surface area contributed by atoms with Crippen LogP contribution in [0.1, 0.15) is 12.0 Å². The number of hydrogen-bond donors (Lipinski definition) is 3. The topological polar surface area (TPSA) is 76.4 Å². The monoisotopic (exact) mass is 235 g/mol. The van der Waals surface area contributed by atoms with Crippen LogP contribution in [0.2, 0.25) is 0 Å². The smallest absolute Gasteiger partial charge is 0.319 e. The lowest BCUT2D eigenvalue weighted by atomic mass is 10.2. The molecule has 1 unspecified atom stereocenters. The molecule has 0 radical (unpaired) electrons. The number of ether oxygens (including phenoxy) is 1. The maximum absolute atomic E-state index is 11.7. The maximum Gasteiger partial charge on any atom is 0.319 e. The van der Waals surface area contributed by atoms with Crippen molar-refractivity contribution in [1.82, 2.24) is 5.32 Å². The summed E-state index contributed by atoms with van der Waals surface area (Å²) in [6, 6.07) is 7.41. The fraction of sp³-hybridized carbons (Fsp3) is 0.417. The highest BCUT2D eigenvalue weighted by molar-refractivity contribution is 5.90. The number of benzene rings is 1. The number of hydrogen-bond acceptors (Lipinski definition) is 3. The number of urea groups is 1. The molecule has 4 N–H and O–H groups in total. The van der Waals surface area contributed by atoms with Crippen molar-refractivity contribution in [3.63, 3.8) is 0 Å². The van der Waals surface area contributed by atoms with Crippen LogP contribution in [0.25, 0.3) is 0 Å². The number of nitrogens with two attached hydrogens (primary N) is 1. The molecule has 1 aliphatic rings. The summed E-state index contributed by atoms with van der Waals surface area (Å²) in [4.78, 5) is 11.7. The van der Waals surface area contributed by atoms with E-state index in [-0.39, 0.29) is 12.1 Å². The zero-order valence-corrected chi connectivity index (χ0v) is 9.61. The van der Waals surface area contributed by atoms with Crippen molar-refractivity contribution in [2.45, 2.75) is 19.0 Å². The Labute approximate surface area is 100 Å². The molecule has 1 aliphatic heterocycles. The number of carbonyl (C=O) groups is 1. The molecule has 0 aliphatic carbocycles. The van der Waals surface area contributed by atoms with Gasteiger partial charge in [-0.2, -0.15) is 0 Å². The number of rotatable bonds is 3. The molecule has 1 aromatic carbocycles. The van der Waals surface area contributed by atoms with Gasteiger partial charge < -0.3 is 21.1 Å². The van der Waals surface area contributed by atoms with Gasteiger partial charge in [0, 0.05) is 18.8 Å². The van der Waals surface area contributed by atoms with Gasteiger partial charge >= 0.3 is 6.03 Å².